The number of carboxylic acid groups (broad SMARTS) is 1. The second kappa shape index (κ2) is 26.9. The molecule has 0 saturated carbocycles. The summed E-state index contributed by atoms with van der Waals surface area (Å²) in [5.41, 5.74) is 5.60. The number of carbonyl (C=O) groups is 4. The molecule has 14 nitrogen and oxygen atoms in total. The van der Waals surface area contributed by atoms with Gasteiger partial charge < -0.3 is 30.4 Å². The standard InChI is InChI=1S/C28H32F3N5O2S.C19H27N3S.C10H11NO3.CH3F/c1-16-4-6-23(19-5-7-24-22(12-19)34-26(39-24)18-8-10-35(3)11-9-18)36(15-16)27(38)25(37)33-20-13-21(28(29,30)31)17(2)32-14-20;1-13-3-5-16(20-12-13)15-4-6-18-17(11-15)21-19(23-18)14-7-9-22(2)10-8-14;1-6-3-8(5-11-7(6)2)4-9(12)10(13)14;1-2/h5,7,12-14,16,18,23H,4,6,8-11,15H2,1-3H3,(H,33,37);4,6,11,13-14,16,20H,3,5,7-10,12H2,1-2H3;3,5H,4H2,1-2H3,(H,13,14);1H3/t16-,23+;13-,16+;;/m00../s1/i;;;1D. The summed E-state index contributed by atoms with van der Waals surface area (Å²) in [7, 11) is 3.36. The first-order valence-corrected chi connectivity index (χ1v) is 28.3. The number of thiazole rings is 2. The van der Waals surface area contributed by atoms with E-state index in [0.717, 1.165) is 89.1 Å². The molecule has 4 aliphatic heterocycles. The maximum Gasteiger partial charge on any atom is 0.418 e. The SMILES string of the molecule is C[C@H]1CC[C@H](c2ccc3sc(C4CCN(C)CC4)nc3c2)NC1.Cc1cc(CC(=O)C(=O)O)cnc1C.Cc1ncc(NC(=O)C(=O)N2C[C@@H](C)CC[C@@H]2c2ccc3sc(C4CCN(C)CC4)nc3c2)cc1C(F)(F)F.[2H]CF. The molecule has 78 heavy (non-hydrogen) atoms. The molecule has 4 aliphatic rings. The lowest BCUT2D eigenvalue weighted by molar-refractivity contribution is -0.148. The van der Waals surface area contributed by atoms with E-state index in [1.165, 1.54) is 72.7 Å². The number of nitrogens with one attached hydrogen (secondary N) is 2. The summed E-state index contributed by atoms with van der Waals surface area (Å²) >= 11 is 3.63. The number of carbonyl (C=O) groups excluding carboxylic acids is 3. The fourth-order valence-corrected chi connectivity index (χ4v) is 12.7. The van der Waals surface area contributed by atoms with Crippen molar-refractivity contribution in [3.8, 4) is 0 Å². The highest BCUT2D eigenvalue weighted by atomic mass is 32.1. The molecule has 4 fully saturated rings. The Morgan fingerprint density at radius 1 is 0.756 bits per heavy atom. The minimum atomic E-state index is -4.61. The molecule has 8 heterocycles. The van der Waals surface area contributed by atoms with E-state index in [2.05, 4.69) is 69.6 Å². The number of carboxylic acids is 1. The van der Waals surface area contributed by atoms with Gasteiger partial charge in [-0.05, 0) is 183 Å². The number of rotatable bonds is 8. The number of ketones is 1. The Hall–Kier alpha value is -5.80. The summed E-state index contributed by atoms with van der Waals surface area (Å²) in [4.78, 5) is 71.5. The number of pyridine rings is 2. The van der Waals surface area contributed by atoms with Crippen LogP contribution < -0.4 is 10.6 Å². The van der Waals surface area contributed by atoms with Gasteiger partial charge in [-0.3, -0.25) is 28.7 Å². The lowest BCUT2D eigenvalue weighted by Gasteiger charge is -2.38. The van der Waals surface area contributed by atoms with Crippen LogP contribution >= 0.6 is 22.7 Å². The molecule has 0 spiro atoms. The number of likely N-dealkylation sites (tertiary alicyclic amines) is 3. The van der Waals surface area contributed by atoms with Gasteiger partial charge in [0.15, 0.2) is 0 Å². The quantitative estimate of drug-likeness (QED) is 0.0974. The second-order valence-electron chi connectivity index (χ2n) is 21.5. The van der Waals surface area contributed by atoms with Gasteiger partial charge in [0.25, 0.3) is 0 Å². The number of aromatic nitrogens is 4. The summed E-state index contributed by atoms with van der Waals surface area (Å²) in [6.45, 7) is 15.4. The third kappa shape index (κ3) is 15.5. The minimum Gasteiger partial charge on any atom is -0.475 e. The molecular formula is C58H73F4N9O5S2. The van der Waals surface area contributed by atoms with Crippen LogP contribution in [0.2, 0.25) is 0 Å². The van der Waals surface area contributed by atoms with E-state index in [1.54, 1.807) is 22.3 Å². The molecule has 0 unspecified atom stereocenters. The van der Waals surface area contributed by atoms with E-state index >= 15 is 0 Å². The van der Waals surface area contributed by atoms with Gasteiger partial charge in [-0.2, -0.15) is 13.2 Å². The summed E-state index contributed by atoms with van der Waals surface area (Å²) in [6.07, 6.45) is 6.78. The molecule has 0 aliphatic carbocycles. The maximum atomic E-state index is 13.3. The van der Waals surface area contributed by atoms with Crippen LogP contribution in [0.1, 0.15) is 140 Å². The van der Waals surface area contributed by atoms with Crippen molar-refractivity contribution in [2.45, 2.75) is 123 Å². The van der Waals surface area contributed by atoms with Crippen molar-refractivity contribution in [1.82, 2.24) is 40.0 Å². The first-order chi connectivity index (χ1) is 37.6. The summed E-state index contributed by atoms with van der Waals surface area (Å²) in [5, 5.41) is 16.9. The van der Waals surface area contributed by atoms with Crippen molar-refractivity contribution in [3.63, 3.8) is 0 Å². The second-order valence-corrected chi connectivity index (χ2v) is 23.6. The molecule has 3 N–H and O–H groups in total. The predicted molar refractivity (Wildman–Crippen MR) is 300 cm³/mol. The van der Waals surface area contributed by atoms with Gasteiger partial charge in [-0.25, -0.2) is 14.8 Å². The molecule has 2 aromatic carbocycles. The van der Waals surface area contributed by atoms with E-state index < -0.39 is 42.5 Å². The Kier molecular flexibility index (Phi) is 20.1. The average molecular weight is 1120 g/mol. The number of halogens is 4. The fourth-order valence-electron chi connectivity index (χ4n) is 10.5. The first kappa shape index (κ1) is 58.4. The number of anilines is 1. The number of alkyl halides is 4. The van der Waals surface area contributed by atoms with Crippen molar-refractivity contribution < 1.29 is 43.2 Å². The van der Waals surface area contributed by atoms with E-state index in [4.69, 9.17) is 16.4 Å². The van der Waals surface area contributed by atoms with Crippen molar-refractivity contribution >= 4 is 72.4 Å². The smallest absolute Gasteiger partial charge is 0.418 e. The van der Waals surface area contributed by atoms with Crippen LogP contribution in [0.4, 0.5) is 23.2 Å². The number of aryl methyl sites for hydroxylation is 3. The van der Waals surface area contributed by atoms with Gasteiger partial charge in [0.1, 0.15) is 0 Å². The van der Waals surface area contributed by atoms with Crippen LogP contribution in [-0.2, 0) is 31.8 Å². The Balaban J connectivity index is 0.000000189. The van der Waals surface area contributed by atoms with Crippen LogP contribution in [0.5, 0.6) is 0 Å². The summed E-state index contributed by atoms with van der Waals surface area (Å²) in [6, 6.07) is 15.8. The van der Waals surface area contributed by atoms with Crippen LogP contribution in [0, 0.1) is 32.6 Å². The van der Waals surface area contributed by atoms with Gasteiger partial charge >= 0.3 is 24.0 Å². The molecule has 0 radical (unpaired) electrons. The zero-order chi connectivity index (χ0) is 57.1. The Labute approximate surface area is 463 Å². The van der Waals surface area contributed by atoms with Crippen LogP contribution in [-0.4, -0.2) is 124 Å². The predicted octanol–water partition coefficient (Wildman–Crippen LogP) is 11.4. The lowest BCUT2D eigenvalue weighted by atomic mass is 9.89. The summed E-state index contributed by atoms with van der Waals surface area (Å²) in [5.74, 6) is -1.84. The first-order valence-electron chi connectivity index (χ1n) is 27.4. The van der Waals surface area contributed by atoms with Crippen molar-refractivity contribution in [3.05, 3.63) is 110 Å². The maximum absolute atomic E-state index is 13.3. The van der Waals surface area contributed by atoms with E-state index in [1.807, 2.05) is 50.3 Å². The average Bonchev–Trinajstić information content (AvgIpc) is 4.16. The number of piperidine rings is 4. The van der Waals surface area contributed by atoms with Crippen molar-refractivity contribution in [1.29, 1.82) is 0 Å². The third-order valence-electron chi connectivity index (χ3n) is 15.4. The van der Waals surface area contributed by atoms with E-state index in [0.29, 0.717) is 36.4 Å². The molecule has 4 aromatic heterocycles. The highest BCUT2D eigenvalue weighted by Crippen LogP contribution is 2.40. The topological polar surface area (TPSA) is 174 Å². The fraction of sp³-hybridized carbons (Fsp3) is 0.517. The Bertz CT molecular complexity index is 3040. The molecule has 2 amide bonds. The van der Waals surface area contributed by atoms with Crippen molar-refractivity contribution in [2.75, 3.05) is 65.8 Å². The Morgan fingerprint density at radius 2 is 1.31 bits per heavy atom. The van der Waals surface area contributed by atoms with E-state index in [9.17, 15) is 36.7 Å². The Morgan fingerprint density at radius 3 is 1.85 bits per heavy atom. The molecule has 420 valence electrons. The van der Waals surface area contributed by atoms with Crippen molar-refractivity contribution in [2.24, 2.45) is 11.8 Å². The normalized spacial score (nSPS) is 20.8. The molecule has 0 bridgehead atoms. The number of amides is 2. The largest absolute Gasteiger partial charge is 0.475 e. The van der Waals surface area contributed by atoms with Crippen LogP contribution in [0.25, 0.3) is 20.4 Å². The summed E-state index contributed by atoms with van der Waals surface area (Å²) < 4.78 is 57.8. The van der Waals surface area contributed by atoms with Gasteiger partial charge in [0.05, 0.1) is 62.5 Å². The number of aliphatic carboxylic acids is 1. The molecule has 6 aromatic rings. The number of benzene rings is 2. The molecule has 20 heteroatoms. The van der Waals surface area contributed by atoms with Gasteiger partial charge in [0.2, 0.25) is 5.78 Å². The third-order valence-corrected chi connectivity index (χ3v) is 17.8. The zero-order valence-electron chi connectivity index (χ0n) is 46.6. The number of fused-ring (bicyclic) bond motifs is 2. The molecule has 10 rings (SSSR count). The van der Waals surface area contributed by atoms with Crippen LogP contribution in [0.3, 0.4) is 0 Å². The number of hydrogen-bond donors (Lipinski definition) is 3. The highest BCUT2D eigenvalue weighted by molar-refractivity contribution is 7.19. The number of hydrogen-bond acceptors (Lipinski definition) is 13. The minimum absolute atomic E-state index is 0.0938. The van der Waals surface area contributed by atoms with Gasteiger partial charge in [-0.15, -0.1) is 22.7 Å². The monoisotopic (exact) mass is 1120 g/mol. The number of nitrogens with zero attached hydrogens (tertiary/aromatic N) is 7. The molecule has 4 atom stereocenters. The highest BCUT2D eigenvalue weighted by Gasteiger charge is 2.37. The van der Waals surface area contributed by atoms with Crippen LogP contribution in [0.15, 0.2) is 60.9 Å². The van der Waals surface area contributed by atoms with Gasteiger partial charge in [-0.1, -0.05) is 32.0 Å². The molecule has 4 saturated heterocycles. The zero-order valence-corrected chi connectivity index (χ0v) is 47.2. The van der Waals surface area contributed by atoms with Gasteiger partial charge in [0, 0.05) is 48.4 Å². The van der Waals surface area contributed by atoms with E-state index in [-0.39, 0.29) is 29.8 Å². The lowest BCUT2D eigenvalue weighted by Crippen LogP contribution is -2.46. The number of Topliss-reactive ketones (excluding diaryl/α,β-unsaturated/α-hetero) is 1. The molecular weight excluding hydrogens is 1040 g/mol.